The smallest absolute Gasteiger partial charge is 0.325 e. The molecule has 32 heavy (non-hydrogen) atoms. The molecule has 3 rings (SSSR count). The molecule has 0 saturated carbocycles. The van der Waals surface area contributed by atoms with Crippen LogP contribution in [0.5, 0.6) is 0 Å². The van der Waals surface area contributed by atoms with E-state index in [1.807, 2.05) is 0 Å². The van der Waals surface area contributed by atoms with Crippen LogP contribution in [-0.2, 0) is 19.9 Å². The molecule has 1 aliphatic rings. The Bertz CT molecular complexity index is 1060. The summed E-state index contributed by atoms with van der Waals surface area (Å²) in [6.45, 7) is 1.00. The van der Waals surface area contributed by atoms with Crippen molar-refractivity contribution in [1.82, 2.24) is 15.1 Å². The molecule has 0 aliphatic carbocycles. The van der Waals surface area contributed by atoms with Crippen LogP contribution in [0, 0.1) is 0 Å². The summed E-state index contributed by atoms with van der Waals surface area (Å²) in [6, 6.07) is 12.6. The predicted octanol–water partition coefficient (Wildman–Crippen LogP) is 3.25. The van der Waals surface area contributed by atoms with Crippen LogP contribution in [-0.4, -0.2) is 53.7 Å². The Morgan fingerprint density at radius 2 is 1.75 bits per heavy atom. The number of carbonyl (C=O) groups excluding carboxylic acids is 4. The summed E-state index contributed by atoms with van der Waals surface area (Å²) in [5.74, 6) is -1.56. The van der Waals surface area contributed by atoms with E-state index in [0.29, 0.717) is 27.7 Å². The molecule has 2 N–H and O–H groups in total. The van der Waals surface area contributed by atoms with Gasteiger partial charge < -0.3 is 15.5 Å². The highest BCUT2D eigenvalue weighted by Crippen LogP contribution is 2.33. The minimum absolute atomic E-state index is 0.274. The van der Waals surface area contributed by atoms with Gasteiger partial charge in [0.15, 0.2) is 0 Å². The van der Waals surface area contributed by atoms with E-state index < -0.39 is 35.8 Å². The van der Waals surface area contributed by atoms with Crippen molar-refractivity contribution in [2.75, 3.05) is 25.5 Å². The van der Waals surface area contributed by atoms with Crippen LogP contribution < -0.4 is 10.6 Å². The summed E-state index contributed by atoms with van der Waals surface area (Å²) >= 11 is 12.0. The highest BCUT2D eigenvalue weighted by atomic mass is 35.5. The number of carbonyl (C=O) groups is 4. The van der Waals surface area contributed by atoms with Crippen LogP contribution in [0.4, 0.5) is 10.5 Å². The second kappa shape index (κ2) is 9.58. The van der Waals surface area contributed by atoms with Gasteiger partial charge in [0.1, 0.15) is 12.1 Å². The maximum absolute atomic E-state index is 13.2. The SMILES string of the molecule is CCC1(c2ccc(Cl)cc2)NC(=O)N(CC(=O)N(C)CC(=O)Nc2ccccc2Cl)C1=O. The number of hydrogen-bond donors (Lipinski definition) is 2. The molecule has 2 aromatic carbocycles. The molecule has 0 spiro atoms. The molecule has 1 aliphatic heterocycles. The highest BCUT2D eigenvalue weighted by molar-refractivity contribution is 6.33. The van der Waals surface area contributed by atoms with Crippen LogP contribution in [0.1, 0.15) is 18.9 Å². The Hall–Kier alpha value is -3.10. The van der Waals surface area contributed by atoms with Crippen molar-refractivity contribution in [2.24, 2.45) is 0 Å². The van der Waals surface area contributed by atoms with Crippen molar-refractivity contribution < 1.29 is 19.2 Å². The van der Waals surface area contributed by atoms with Crippen LogP contribution in [0.3, 0.4) is 0 Å². The summed E-state index contributed by atoms with van der Waals surface area (Å²) in [4.78, 5) is 52.7. The van der Waals surface area contributed by atoms with Gasteiger partial charge in [-0.25, -0.2) is 4.79 Å². The van der Waals surface area contributed by atoms with Gasteiger partial charge in [-0.3, -0.25) is 19.3 Å². The number of nitrogens with one attached hydrogen (secondary N) is 2. The van der Waals surface area contributed by atoms with Crippen molar-refractivity contribution in [3.63, 3.8) is 0 Å². The number of urea groups is 1. The molecule has 0 aromatic heterocycles. The second-order valence-electron chi connectivity index (χ2n) is 7.37. The lowest BCUT2D eigenvalue weighted by atomic mass is 9.87. The lowest BCUT2D eigenvalue weighted by Gasteiger charge is -2.26. The van der Waals surface area contributed by atoms with E-state index in [1.165, 1.54) is 7.05 Å². The second-order valence-corrected chi connectivity index (χ2v) is 8.21. The first-order valence-electron chi connectivity index (χ1n) is 9.86. The fourth-order valence-corrected chi connectivity index (χ4v) is 3.76. The molecule has 0 bridgehead atoms. The molecule has 8 nitrogen and oxygen atoms in total. The number of halogens is 2. The van der Waals surface area contributed by atoms with E-state index in [1.54, 1.807) is 55.5 Å². The van der Waals surface area contributed by atoms with E-state index >= 15 is 0 Å². The fraction of sp³-hybridized carbons (Fsp3) is 0.273. The van der Waals surface area contributed by atoms with E-state index in [2.05, 4.69) is 10.6 Å². The molecule has 0 radical (unpaired) electrons. The minimum Gasteiger partial charge on any atom is -0.335 e. The summed E-state index contributed by atoms with van der Waals surface area (Å²) in [6.07, 6.45) is 0.292. The quantitative estimate of drug-likeness (QED) is 0.599. The zero-order chi connectivity index (χ0) is 23.5. The molecular formula is C22H22Cl2N4O4. The number of likely N-dealkylation sites (N-methyl/N-ethyl adjacent to an activating group) is 1. The van der Waals surface area contributed by atoms with Crippen LogP contribution in [0.2, 0.25) is 10.0 Å². The summed E-state index contributed by atoms with van der Waals surface area (Å²) in [5, 5.41) is 6.19. The zero-order valence-corrected chi connectivity index (χ0v) is 19.0. The fourth-order valence-electron chi connectivity index (χ4n) is 3.46. The van der Waals surface area contributed by atoms with Crippen LogP contribution >= 0.6 is 23.2 Å². The molecule has 10 heteroatoms. The van der Waals surface area contributed by atoms with Crippen molar-refractivity contribution >= 4 is 52.6 Å². The van der Waals surface area contributed by atoms with E-state index in [-0.39, 0.29) is 6.54 Å². The van der Waals surface area contributed by atoms with Gasteiger partial charge in [-0.2, -0.15) is 0 Å². The van der Waals surface area contributed by atoms with Gasteiger partial charge in [0.2, 0.25) is 11.8 Å². The third kappa shape index (κ3) is 4.71. The zero-order valence-electron chi connectivity index (χ0n) is 17.5. The first kappa shape index (κ1) is 23.6. The first-order valence-corrected chi connectivity index (χ1v) is 10.6. The maximum Gasteiger partial charge on any atom is 0.325 e. The number of para-hydroxylation sites is 1. The average Bonchev–Trinajstić information content (AvgIpc) is 3.00. The number of amides is 5. The molecule has 1 unspecified atom stereocenters. The average molecular weight is 477 g/mol. The third-order valence-electron chi connectivity index (χ3n) is 5.29. The van der Waals surface area contributed by atoms with Gasteiger partial charge >= 0.3 is 6.03 Å². The molecule has 1 saturated heterocycles. The Balaban J connectivity index is 1.67. The number of rotatable bonds is 7. The van der Waals surface area contributed by atoms with Gasteiger partial charge in [-0.05, 0) is 36.2 Å². The monoisotopic (exact) mass is 476 g/mol. The topological polar surface area (TPSA) is 98.8 Å². The number of nitrogens with zero attached hydrogens (tertiary/aromatic N) is 2. The van der Waals surface area contributed by atoms with Crippen LogP contribution in [0.15, 0.2) is 48.5 Å². The first-order chi connectivity index (χ1) is 15.2. The summed E-state index contributed by atoms with van der Waals surface area (Å²) in [5.41, 5.74) is -0.280. The standard InChI is InChI=1S/C22H22Cl2N4O4/c1-3-22(14-8-10-15(23)11-9-14)20(31)28(21(32)26-22)13-19(30)27(2)12-18(29)25-17-7-5-4-6-16(17)24/h4-11H,3,12-13H2,1-2H3,(H,25,29)(H,26,32). The van der Waals surface area contributed by atoms with Gasteiger partial charge in [-0.1, -0.05) is 54.4 Å². The van der Waals surface area contributed by atoms with Gasteiger partial charge in [0.05, 0.1) is 17.3 Å². The molecule has 2 aromatic rings. The van der Waals surface area contributed by atoms with E-state index in [9.17, 15) is 19.2 Å². The molecule has 5 amide bonds. The maximum atomic E-state index is 13.2. The minimum atomic E-state index is -1.28. The lowest BCUT2D eigenvalue weighted by Crippen LogP contribution is -2.46. The summed E-state index contributed by atoms with van der Waals surface area (Å²) < 4.78 is 0. The van der Waals surface area contributed by atoms with Gasteiger partial charge in [0.25, 0.3) is 5.91 Å². The molecule has 1 heterocycles. The van der Waals surface area contributed by atoms with Gasteiger partial charge in [0, 0.05) is 12.1 Å². The molecular weight excluding hydrogens is 455 g/mol. The lowest BCUT2D eigenvalue weighted by molar-refractivity contribution is -0.139. The Morgan fingerprint density at radius 3 is 2.38 bits per heavy atom. The molecule has 1 atom stereocenters. The Kier molecular flexibility index (Phi) is 7.06. The molecule has 1 fully saturated rings. The van der Waals surface area contributed by atoms with Crippen LogP contribution in [0.25, 0.3) is 0 Å². The normalized spacial score (nSPS) is 17.8. The number of anilines is 1. The largest absolute Gasteiger partial charge is 0.335 e. The number of hydrogen-bond acceptors (Lipinski definition) is 4. The van der Waals surface area contributed by atoms with Crippen molar-refractivity contribution in [1.29, 1.82) is 0 Å². The van der Waals surface area contributed by atoms with E-state index in [4.69, 9.17) is 23.2 Å². The van der Waals surface area contributed by atoms with Gasteiger partial charge in [-0.15, -0.1) is 0 Å². The highest BCUT2D eigenvalue weighted by Gasteiger charge is 2.51. The van der Waals surface area contributed by atoms with E-state index in [0.717, 1.165) is 9.80 Å². The Labute approximate surface area is 195 Å². The number of benzene rings is 2. The third-order valence-corrected chi connectivity index (χ3v) is 5.87. The molecule has 168 valence electrons. The summed E-state index contributed by atoms with van der Waals surface area (Å²) in [7, 11) is 1.42. The van der Waals surface area contributed by atoms with Crippen molar-refractivity contribution in [2.45, 2.75) is 18.9 Å². The van der Waals surface area contributed by atoms with Crippen molar-refractivity contribution in [3.05, 3.63) is 64.1 Å². The van der Waals surface area contributed by atoms with Crippen molar-refractivity contribution in [3.8, 4) is 0 Å². The Morgan fingerprint density at radius 1 is 1.09 bits per heavy atom. The predicted molar refractivity (Wildman–Crippen MR) is 121 cm³/mol. The number of imide groups is 1.